The normalized spacial score (nSPS) is 15.4. The molecule has 0 aliphatic heterocycles. The Hall–Kier alpha value is -0.0831. The van der Waals surface area contributed by atoms with E-state index in [-0.39, 0.29) is 5.54 Å². The van der Waals surface area contributed by atoms with E-state index in [1.54, 1.807) is 0 Å². The van der Waals surface area contributed by atoms with Gasteiger partial charge in [0, 0.05) is 5.54 Å². The summed E-state index contributed by atoms with van der Waals surface area (Å²) in [6.07, 6.45) is 1.99. The molecule has 0 aromatic heterocycles. The summed E-state index contributed by atoms with van der Waals surface area (Å²) in [6, 6.07) is 0. The van der Waals surface area contributed by atoms with Crippen LogP contribution >= 0.6 is 0 Å². The van der Waals surface area contributed by atoms with Gasteiger partial charge in [-0.05, 0) is 19.8 Å². The smallest absolute Gasteiger partial charge is 0.0755 e. The molecular formula is C7H17NSi. The van der Waals surface area contributed by atoms with E-state index < -0.39 is 0 Å². The molecule has 0 fully saturated rings. The molecule has 1 N–H and O–H groups in total. The van der Waals surface area contributed by atoms with E-state index in [1.165, 1.54) is 0 Å². The maximum atomic E-state index is 3.75. The van der Waals surface area contributed by atoms with Crippen molar-refractivity contribution in [3.63, 3.8) is 0 Å². The molecule has 0 bridgehead atoms. The topological polar surface area (TPSA) is 12.0 Å². The second-order valence-electron chi connectivity index (χ2n) is 3.00. The molecule has 0 aliphatic carbocycles. The SMILES string of the molecule is C=CC(C)C(C)(C)N[SiH3]. The third-order valence-electron chi connectivity index (χ3n) is 2.14. The number of rotatable bonds is 3. The maximum Gasteiger partial charge on any atom is 0.0755 e. The molecule has 0 aromatic carbocycles. The van der Waals surface area contributed by atoms with Gasteiger partial charge in [-0.15, -0.1) is 6.58 Å². The number of hydrogen-bond donors (Lipinski definition) is 1. The summed E-state index contributed by atoms with van der Waals surface area (Å²) in [6.45, 7) is 10.3. The second-order valence-corrected chi connectivity index (χ2v) is 3.50. The maximum absolute atomic E-state index is 3.75. The summed E-state index contributed by atoms with van der Waals surface area (Å²) in [4.78, 5) is 3.36. The van der Waals surface area contributed by atoms with Crippen LogP contribution in [0.2, 0.25) is 0 Å². The zero-order valence-corrected chi connectivity index (χ0v) is 8.86. The van der Waals surface area contributed by atoms with Gasteiger partial charge in [-0.1, -0.05) is 13.0 Å². The van der Waals surface area contributed by atoms with Gasteiger partial charge in [0.05, 0.1) is 10.4 Å². The molecule has 0 saturated heterocycles. The lowest BCUT2D eigenvalue weighted by Crippen LogP contribution is -2.42. The zero-order chi connectivity index (χ0) is 7.49. The van der Waals surface area contributed by atoms with Crippen molar-refractivity contribution in [3.05, 3.63) is 12.7 Å². The van der Waals surface area contributed by atoms with Crippen LogP contribution in [0.15, 0.2) is 12.7 Å². The van der Waals surface area contributed by atoms with E-state index >= 15 is 0 Å². The Morgan fingerprint density at radius 1 is 1.67 bits per heavy atom. The van der Waals surface area contributed by atoms with Crippen LogP contribution in [0.1, 0.15) is 20.8 Å². The minimum Gasteiger partial charge on any atom is -0.340 e. The molecule has 0 heterocycles. The number of hydrogen-bond acceptors (Lipinski definition) is 1. The fourth-order valence-electron chi connectivity index (χ4n) is 0.522. The molecule has 0 spiro atoms. The fourth-order valence-corrected chi connectivity index (χ4v) is 0.978. The van der Waals surface area contributed by atoms with E-state index in [1.807, 2.05) is 6.08 Å². The Bertz CT molecular complexity index is 99.1. The standard InChI is InChI=1S/C7H17NSi/c1-5-6(2)7(3,4)8-9/h5-6,8H,1H2,2-4,9H3. The van der Waals surface area contributed by atoms with Crippen LogP contribution in [0.4, 0.5) is 0 Å². The quantitative estimate of drug-likeness (QED) is 0.447. The van der Waals surface area contributed by atoms with Gasteiger partial charge in [0.2, 0.25) is 0 Å². The van der Waals surface area contributed by atoms with Crippen LogP contribution in [0.5, 0.6) is 0 Å². The Morgan fingerprint density at radius 3 is 2.22 bits per heavy atom. The molecular weight excluding hydrogens is 126 g/mol. The van der Waals surface area contributed by atoms with Crippen LogP contribution in [0, 0.1) is 5.92 Å². The highest BCUT2D eigenvalue weighted by Gasteiger charge is 2.19. The molecule has 2 heteroatoms. The third kappa shape index (κ3) is 2.33. The van der Waals surface area contributed by atoms with E-state index in [9.17, 15) is 0 Å². The minimum absolute atomic E-state index is 0.244. The lowest BCUT2D eigenvalue weighted by molar-refractivity contribution is 0.375. The summed E-state index contributed by atoms with van der Waals surface area (Å²) in [5, 5.41) is 0. The highest BCUT2D eigenvalue weighted by atomic mass is 28.2. The van der Waals surface area contributed by atoms with Gasteiger partial charge in [-0.25, -0.2) is 0 Å². The van der Waals surface area contributed by atoms with Crippen LogP contribution < -0.4 is 4.98 Å². The summed E-state index contributed by atoms with van der Waals surface area (Å²) in [5.74, 6) is 0.551. The summed E-state index contributed by atoms with van der Waals surface area (Å²) in [5.41, 5.74) is 0.244. The van der Waals surface area contributed by atoms with Crippen molar-refractivity contribution in [1.82, 2.24) is 4.98 Å². The van der Waals surface area contributed by atoms with Crippen molar-refractivity contribution in [2.75, 3.05) is 0 Å². The third-order valence-corrected chi connectivity index (χ3v) is 3.42. The predicted molar refractivity (Wildman–Crippen MR) is 46.5 cm³/mol. The number of nitrogens with one attached hydrogen (secondary N) is 1. The van der Waals surface area contributed by atoms with E-state index in [0.717, 1.165) is 10.4 Å². The van der Waals surface area contributed by atoms with Crippen LogP contribution in [-0.2, 0) is 0 Å². The lowest BCUT2D eigenvalue weighted by atomic mass is 9.91. The highest BCUT2D eigenvalue weighted by molar-refractivity contribution is 6.04. The first-order chi connectivity index (χ1) is 4.04. The summed E-state index contributed by atoms with van der Waals surface area (Å²) >= 11 is 0. The monoisotopic (exact) mass is 143 g/mol. The second kappa shape index (κ2) is 3.18. The molecule has 0 aromatic rings. The van der Waals surface area contributed by atoms with Crippen molar-refractivity contribution < 1.29 is 0 Å². The molecule has 1 atom stereocenters. The van der Waals surface area contributed by atoms with Crippen molar-refractivity contribution in [1.29, 1.82) is 0 Å². The molecule has 9 heavy (non-hydrogen) atoms. The summed E-state index contributed by atoms with van der Waals surface area (Å²) < 4.78 is 0. The molecule has 0 radical (unpaired) electrons. The van der Waals surface area contributed by atoms with E-state index in [4.69, 9.17) is 0 Å². The lowest BCUT2D eigenvalue weighted by Gasteiger charge is -2.29. The van der Waals surface area contributed by atoms with Gasteiger partial charge in [0.25, 0.3) is 0 Å². The van der Waals surface area contributed by atoms with Crippen LogP contribution in [-0.4, -0.2) is 15.9 Å². The predicted octanol–water partition coefficient (Wildman–Crippen LogP) is 0.457. The molecule has 0 rings (SSSR count). The Balaban J connectivity index is 3.95. The van der Waals surface area contributed by atoms with Crippen LogP contribution in [0.25, 0.3) is 0 Å². The molecule has 1 unspecified atom stereocenters. The highest BCUT2D eigenvalue weighted by Crippen LogP contribution is 2.15. The van der Waals surface area contributed by atoms with Crippen molar-refractivity contribution >= 4 is 10.4 Å². The van der Waals surface area contributed by atoms with Gasteiger partial charge in [-0.3, -0.25) is 0 Å². The van der Waals surface area contributed by atoms with Crippen LogP contribution in [0.3, 0.4) is 0 Å². The van der Waals surface area contributed by atoms with E-state index in [0.29, 0.717) is 5.92 Å². The van der Waals surface area contributed by atoms with Crippen molar-refractivity contribution in [2.24, 2.45) is 5.92 Å². The first kappa shape index (κ1) is 8.92. The van der Waals surface area contributed by atoms with Crippen molar-refractivity contribution in [3.8, 4) is 0 Å². The van der Waals surface area contributed by atoms with E-state index in [2.05, 4.69) is 32.3 Å². The van der Waals surface area contributed by atoms with Gasteiger partial charge in [-0.2, -0.15) is 0 Å². The average molecular weight is 143 g/mol. The van der Waals surface area contributed by atoms with Gasteiger partial charge >= 0.3 is 0 Å². The zero-order valence-electron chi connectivity index (χ0n) is 6.86. The largest absolute Gasteiger partial charge is 0.340 e. The fraction of sp³-hybridized carbons (Fsp3) is 0.714. The molecule has 0 saturated carbocycles. The average Bonchev–Trinajstić information content (AvgIpc) is 1.86. The molecule has 0 amide bonds. The Kier molecular flexibility index (Phi) is 3.15. The first-order valence-corrected chi connectivity index (χ1v) is 4.36. The summed E-state index contributed by atoms with van der Waals surface area (Å²) in [7, 11) is 1.05. The van der Waals surface area contributed by atoms with Crippen molar-refractivity contribution in [2.45, 2.75) is 26.3 Å². The molecule has 1 nitrogen and oxygen atoms in total. The minimum atomic E-state index is 0.244. The molecule has 0 aliphatic rings. The van der Waals surface area contributed by atoms with Gasteiger partial charge in [0.15, 0.2) is 0 Å². The Morgan fingerprint density at radius 2 is 2.11 bits per heavy atom. The first-order valence-electron chi connectivity index (χ1n) is 3.36. The molecule has 54 valence electrons. The van der Waals surface area contributed by atoms with Gasteiger partial charge < -0.3 is 4.98 Å². The van der Waals surface area contributed by atoms with Gasteiger partial charge in [0.1, 0.15) is 0 Å². The Labute approximate surface area is 61.0 Å².